The van der Waals surface area contributed by atoms with Gasteiger partial charge in [0.25, 0.3) is 0 Å². The van der Waals surface area contributed by atoms with E-state index in [2.05, 4.69) is 42.9 Å². The van der Waals surface area contributed by atoms with Crippen LogP contribution in [-0.2, 0) is 11.2 Å². The second kappa shape index (κ2) is 9.32. The fourth-order valence-corrected chi connectivity index (χ4v) is 3.95. The Kier molecular flexibility index (Phi) is 7.41. The van der Waals surface area contributed by atoms with E-state index in [1.165, 1.54) is 11.3 Å². The number of benzene rings is 1. The van der Waals surface area contributed by atoms with Gasteiger partial charge in [-0.15, -0.1) is 11.3 Å². The Hall–Kier alpha value is -1.43. The summed E-state index contributed by atoms with van der Waals surface area (Å²) in [6.45, 7) is 10.2. The highest BCUT2D eigenvalue weighted by Gasteiger charge is 2.14. The monoisotopic (exact) mass is 379 g/mol. The molecule has 6 heteroatoms. The van der Waals surface area contributed by atoms with E-state index in [-0.39, 0.29) is 5.91 Å². The standard InChI is InChI=1S/C19H26ClN3OS/c1-13(2)23(14(3)4)10-9-21-18(24)11-15-12-25-19(22-15)16-7-5-6-8-17(16)20/h5-8,12-14H,9-11H2,1-4H3,(H,21,24). The number of hydrogen-bond donors (Lipinski definition) is 1. The van der Waals surface area contributed by atoms with Crippen molar-refractivity contribution in [2.75, 3.05) is 13.1 Å². The second-order valence-electron chi connectivity index (χ2n) is 6.58. The topological polar surface area (TPSA) is 45.2 Å². The predicted octanol–water partition coefficient (Wildman–Crippen LogP) is 4.24. The third kappa shape index (κ3) is 5.80. The summed E-state index contributed by atoms with van der Waals surface area (Å²) in [7, 11) is 0. The molecule has 1 aromatic carbocycles. The van der Waals surface area contributed by atoms with Crippen LogP contribution in [0.4, 0.5) is 0 Å². The Balaban J connectivity index is 1.86. The number of aromatic nitrogens is 1. The Bertz CT molecular complexity index is 691. The van der Waals surface area contributed by atoms with E-state index in [1.807, 2.05) is 29.6 Å². The molecular weight excluding hydrogens is 354 g/mol. The van der Waals surface area contributed by atoms with Crippen molar-refractivity contribution in [1.29, 1.82) is 0 Å². The molecule has 0 bridgehead atoms. The van der Waals surface area contributed by atoms with Crippen molar-refractivity contribution in [1.82, 2.24) is 15.2 Å². The minimum Gasteiger partial charge on any atom is -0.354 e. The molecule has 2 aromatic rings. The van der Waals surface area contributed by atoms with Crippen LogP contribution in [0.1, 0.15) is 33.4 Å². The van der Waals surface area contributed by atoms with E-state index in [0.29, 0.717) is 30.1 Å². The molecule has 25 heavy (non-hydrogen) atoms. The summed E-state index contributed by atoms with van der Waals surface area (Å²) in [6, 6.07) is 8.55. The van der Waals surface area contributed by atoms with E-state index in [1.54, 1.807) is 0 Å². The van der Waals surface area contributed by atoms with E-state index < -0.39 is 0 Å². The molecule has 1 N–H and O–H groups in total. The molecule has 1 heterocycles. The highest BCUT2D eigenvalue weighted by atomic mass is 35.5. The number of nitrogens with zero attached hydrogens (tertiary/aromatic N) is 2. The van der Waals surface area contributed by atoms with Crippen molar-refractivity contribution in [2.45, 2.75) is 46.2 Å². The molecule has 0 fully saturated rings. The minimum absolute atomic E-state index is 0.00321. The number of hydrogen-bond acceptors (Lipinski definition) is 4. The van der Waals surface area contributed by atoms with Crippen molar-refractivity contribution in [3.63, 3.8) is 0 Å². The SMILES string of the molecule is CC(C)N(CCNC(=O)Cc1csc(-c2ccccc2Cl)n1)C(C)C. The maximum absolute atomic E-state index is 12.2. The summed E-state index contributed by atoms with van der Waals surface area (Å²) >= 11 is 7.72. The van der Waals surface area contributed by atoms with E-state index in [4.69, 9.17) is 11.6 Å². The van der Waals surface area contributed by atoms with Gasteiger partial charge in [0.05, 0.1) is 17.1 Å². The predicted molar refractivity (Wildman–Crippen MR) is 106 cm³/mol. The molecule has 1 aromatic heterocycles. The fourth-order valence-electron chi connectivity index (χ4n) is 2.81. The highest BCUT2D eigenvalue weighted by Crippen LogP contribution is 2.30. The van der Waals surface area contributed by atoms with Gasteiger partial charge in [0, 0.05) is 36.1 Å². The maximum atomic E-state index is 12.2. The quantitative estimate of drug-likeness (QED) is 0.746. The first kappa shape index (κ1) is 19.9. The Morgan fingerprint density at radius 3 is 2.56 bits per heavy atom. The summed E-state index contributed by atoms with van der Waals surface area (Å²) in [5.74, 6) is 0.00321. The van der Waals surface area contributed by atoms with Gasteiger partial charge in [0.1, 0.15) is 5.01 Å². The van der Waals surface area contributed by atoms with E-state index in [0.717, 1.165) is 22.8 Å². The molecule has 2 rings (SSSR count). The largest absolute Gasteiger partial charge is 0.354 e. The lowest BCUT2D eigenvalue weighted by molar-refractivity contribution is -0.120. The lowest BCUT2D eigenvalue weighted by atomic mass is 10.2. The first-order valence-corrected chi connectivity index (χ1v) is 9.86. The van der Waals surface area contributed by atoms with Gasteiger partial charge in [0.2, 0.25) is 5.91 Å². The number of amides is 1. The molecule has 4 nitrogen and oxygen atoms in total. The summed E-state index contributed by atoms with van der Waals surface area (Å²) in [5.41, 5.74) is 1.69. The number of rotatable bonds is 8. The molecule has 1 amide bonds. The molecule has 0 saturated heterocycles. The third-order valence-corrected chi connectivity index (χ3v) is 5.27. The van der Waals surface area contributed by atoms with Crippen LogP contribution in [-0.4, -0.2) is 41.0 Å². The van der Waals surface area contributed by atoms with Gasteiger partial charge >= 0.3 is 0 Å². The lowest BCUT2D eigenvalue weighted by Gasteiger charge is -2.30. The molecule has 0 atom stereocenters. The van der Waals surface area contributed by atoms with Crippen LogP contribution in [0, 0.1) is 0 Å². The normalized spacial score (nSPS) is 11.5. The molecule has 0 radical (unpaired) electrons. The van der Waals surface area contributed by atoms with E-state index >= 15 is 0 Å². The van der Waals surface area contributed by atoms with Crippen LogP contribution in [0.5, 0.6) is 0 Å². The van der Waals surface area contributed by atoms with Gasteiger partial charge in [-0.2, -0.15) is 0 Å². The van der Waals surface area contributed by atoms with Crippen LogP contribution >= 0.6 is 22.9 Å². The average molecular weight is 380 g/mol. The van der Waals surface area contributed by atoms with Gasteiger partial charge in [-0.25, -0.2) is 4.98 Å². The first-order chi connectivity index (χ1) is 11.9. The van der Waals surface area contributed by atoms with Gasteiger partial charge in [-0.1, -0.05) is 29.8 Å². The first-order valence-electron chi connectivity index (χ1n) is 8.60. The number of thiazole rings is 1. The minimum atomic E-state index is 0.00321. The molecule has 0 saturated carbocycles. The summed E-state index contributed by atoms with van der Waals surface area (Å²) < 4.78 is 0. The van der Waals surface area contributed by atoms with Crippen molar-refractivity contribution in [3.8, 4) is 10.6 Å². The van der Waals surface area contributed by atoms with Crippen molar-refractivity contribution < 1.29 is 4.79 Å². The third-order valence-electron chi connectivity index (χ3n) is 4.02. The van der Waals surface area contributed by atoms with Crippen LogP contribution in [0.3, 0.4) is 0 Å². The van der Waals surface area contributed by atoms with Crippen molar-refractivity contribution >= 4 is 28.8 Å². The van der Waals surface area contributed by atoms with Crippen LogP contribution in [0.15, 0.2) is 29.6 Å². The van der Waals surface area contributed by atoms with E-state index in [9.17, 15) is 4.79 Å². The molecule has 0 aliphatic carbocycles. The van der Waals surface area contributed by atoms with Crippen molar-refractivity contribution in [3.05, 3.63) is 40.4 Å². The number of halogens is 1. The number of carbonyl (C=O) groups is 1. The highest BCUT2D eigenvalue weighted by molar-refractivity contribution is 7.13. The van der Waals surface area contributed by atoms with Gasteiger partial charge in [0.15, 0.2) is 0 Å². The molecular formula is C19H26ClN3OS. The zero-order valence-corrected chi connectivity index (χ0v) is 16.8. The zero-order chi connectivity index (χ0) is 18.4. The van der Waals surface area contributed by atoms with Gasteiger partial charge in [-0.3, -0.25) is 9.69 Å². The summed E-state index contributed by atoms with van der Waals surface area (Å²) in [5, 5.41) is 6.44. The van der Waals surface area contributed by atoms with Gasteiger partial charge < -0.3 is 5.32 Å². The average Bonchev–Trinajstić information content (AvgIpc) is 2.99. The van der Waals surface area contributed by atoms with Gasteiger partial charge in [-0.05, 0) is 33.8 Å². The molecule has 0 aliphatic rings. The van der Waals surface area contributed by atoms with Crippen LogP contribution in [0.25, 0.3) is 10.6 Å². The Labute approximate surface area is 159 Å². The molecule has 0 unspecified atom stereocenters. The molecule has 0 spiro atoms. The molecule has 136 valence electrons. The second-order valence-corrected chi connectivity index (χ2v) is 7.84. The lowest BCUT2D eigenvalue weighted by Crippen LogP contribution is -2.42. The zero-order valence-electron chi connectivity index (χ0n) is 15.3. The van der Waals surface area contributed by atoms with Crippen LogP contribution < -0.4 is 5.32 Å². The number of carbonyl (C=O) groups excluding carboxylic acids is 1. The molecule has 0 aliphatic heterocycles. The summed E-state index contributed by atoms with van der Waals surface area (Å²) in [6.07, 6.45) is 0.296. The van der Waals surface area contributed by atoms with Crippen LogP contribution in [0.2, 0.25) is 5.02 Å². The Morgan fingerprint density at radius 2 is 1.92 bits per heavy atom. The fraction of sp³-hybridized carbons (Fsp3) is 0.474. The Morgan fingerprint density at radius 1 is 1.24 bits per heavy atom. The summed E-state index contributed by atoms with van der Waals surface area (Å²) in [4.78, 5) is 19.1. The maximum Gasteiger partial charge on any atom is 0.226 e. The van der Waals surface area contributed by atoms with Crippen molar-refractivity contribution in [2.24, 2.45) is 0 Å². The smallest absolute Gasteiger partial charge is 0.226 e. The number of nitrogens with one attached hydrogen (secondary N) is 1.